The van der Waals surface area contributed by atoms with Crippen LogP contribution in [0.15, 0.2) is 65.8 Å². The summed E-state index contributed by atoms with van der Waals surface area (Å²) in [4.78, 5) is 12.5. The van der Waals surface area contributed by atoms with Gasteiger partial charge in [0.15, 0.2) is 11.0 Å². The van der Waals surface area contributed by atoms with Crippen LogP contribution >= 0.6 is 58.2 Å². The number of rotatable bonds is 7. The molecule has 35 heavy (non-hydrogen) atoms. The van der Waals surface area contributed by atoms with Crippen LogP contribution in [0.3, 0.4) is 0 Å². The molecule has 0 aliphatic carbocycles. The fourth-order valence-corrected chi connectivity index (χ4v) is 5.07. The van der Waals surface area contributed by atoms with Crippen molar-refractivity contribution in [2.75, 3.05) is 5.32 Å². The van der Waals surface area contributed by atoms with Gasteiger partial charge in [0.25, 0.3) is 0 Å². The van der Waals surface area contributed by atoms with Gasteiger partial charge in [-0.15, -0.1) is 10.2 Å². The third kappa shape index (κ3) is 6.42. The molecule has 1 aromatic heterocycles. The molecule has 0 atom stereocenters. The number of anilines is 1. The molecule has 0 aliphatic rings. The van der Waals surface area contributed by atoms with Gasteiger partial charge in [0.05, 0.1) is 27.3 Å². The number of aryl methyl sites for hydroxylation is 1. The molecule has 2 amide bonds. The zero-order valence-electron chi connectivity index (χ0n) is 18.4. The Morgan fingerprint density at radius 2 is 1.74 bits per heavy atom. The summed E-state index contributed by atoms with van der Waals surface area (Å²) in [7, 11) is 0. The van der Waals surface area contributed by atoms with E-state index in [4.69, 9.17) is 46.4 Å². The van der Waals surface area contributed by atoms with E-state index in [1.54, 1.807) is 36.4 Å². The number of hydrogen-bond acceptors (Lipinski definition) is 4. The van der Waals surface area contributed by atoms with Crippen LogP contribution in [0.4, 0.5) is 10.5 Å². The number of carbonyl (C=O) groups is 1. The molecular formula is C24H19Cl4N5OS. The van der Waals surface area contributed by atoms with Gasteiger partial charge in [-0.25, -0.2) is 4.79 Å². The molecule has 0 radical (unpaired) electrons. The van der Waals surface area contributed by atoms with E-state index in [1.165, 1.54) is 22.9 Å². The van der Waals surface area contributed by atoms with Crippen LogP contribution in [0.2, 0.25) is 20.1 Å². The maximum atomic E-state index is 12.5. The normalized spacial score (nSPS) is 10.9. The summed E-state index contributed by atoms with van der Waals surface area (Å²) in [6.07, 6.45) is 0. The van der Waals surface area contributed by atoms with Crippen LogP contribution in [0.1, 0.15) is 17.0 Å². The van der Waals surface area contributed by atoms with E-state index >= 15 is 0 Å². The van der Waals surface area contributed by atoms with Crippen LogP contribution in [-0.4, -0.2) is 20.8 Å². The molecule has 4 aromatic rings. The van der Waals surface area contributed by atoms with Crippen molar-refractivity contribution in [3.8, 4) is 5.69 Å². The Balaban J connectivity index is 1.55. The molecule has 0 bridgehead atoms. The summed E-state index contributed by atoms with van der Waals surface area (Å²) in [5, 5.41) is 16.5. The Morgan fingerprint density at radius 1 is 0.943 bits per heavy atom. The third-order valence-electron chi connectivity index (χ3n) is 5.05. The maximum absolute atomic E-state index is 12.5. The molecule has 4 rings (SSSR count). The summed E-state index contributed by atoms with van der Waals surface area (Å²) in [6, 6.07) is 17.7. The minimum atomic E-state index is -0.436. The van der Waals surface area contributed by atoms with Crippen LogP contribution in [0.25, 0.3) is 5.69 Å². The molecule has 0 saturated heterocycles. The smallest absolute Gasteiger partial charge is 0.319 e. The third-order valence-corrected chi connectivity index (χ3v) is 7.31. The van der Waals surface area contributed by atoms with Crippen LogP contribution in [-0.2, 0) is 12.3 Å². The lowest BCUT2D eigenvalue weighted by Crippen LogP contribution is -2.29. The Morgan fingerprint density at radius 3 is 2.49 bits per heavy atom. The van der Waals surface area contributed by atoms with E-state index in [2.05, 4.69) is 39.9 Å². The zero-order valence-corrected chi connectivity index (χ0v) is 22.2. The standard InChI is InChI=1S/C24H19Cl4N5OS/c1-14-4-2-3-5-15(14)13-35-24-32-31-22(33(24)21-9-6-16(25)10-20(21)28)12-29-23(34)30-17-7-8-18(26)19(27)11-17/h2-11H,12-13H2,1H3,(H2,29,30,34). The van der Waals surface area contributed by atoms with Crippen molar-refractivity contribution in [3.63, 3.8) is 0 Å². The number of urea groups is 1. The van der Waals surface area contributed by atoms with Crippen molar-refractivity contribution in [2.45, 2.75) is 24.4 Å². The van der Waals surface area contributed by atoms with Crippen LogP contribution in [0, 0.1) is 6.92 Å². The first kappa shape index (κ1) is 25.7. The van der Waals surface area contributed by atoms with Crippen molar-refractivity contribution in [1.29, 1.82) is 0 Å². The van der Waals surface area contributed by atoms with Crippen LogP contribution < -0.4 is 10.6 Å². The second-order valence-corrected chi connectivity index (χ2v) is 10.1. The van der Waals surface area contributed by atoms with Crippen molar-refractivity contribution < 1.29 is 4.79 Å². The number of benzene rings is 3. The van der Waals surface area contributed by atoms with Crippen LogP contribution in [0.5, 0.6) is 0 Å². The predicted molar refractivity (Wildman–Crippen MR) is 144 cm³/mol. The number of aromatic nitrogens is 3. The SMILES string of the molecule is Cc1ccccc1CSc1nnc(CNC(=O)Nc2ccc(Cl)c(Cl)c2)n1-c1ccc(Cl)cc1Cl. The number of carbonyl (C=O) groups excluding carboxylic acids is 1. The fourth-order valence-electron chi connectivity index (χ4n) is 3.24. The number of hydrogen-bond donors (Lipinski definition) is 2. The van der Waals surface area contributed by atoms with Gasteiger partial charge in [0.2, 0.25) is 0 Å². The quantitative estimate of drug-likeness (QED) is 0.224. The lowest BCUT2D eigenvalue weighted by Gasteiger charge is -2.13. The van der Waals surface area contributed by atoms with Gasteiger partial charge < -0.3 is 10.6 Å². The Kier molecular flexibility index (Phi) is 8.46. The molecule has 3 aromatic carbocycles. The molecule has 2 N–H and O–H groups in total. The molecule has 11 heteroatoms. The summed E-state index contributed by atoms with van der Waals surface area (Å²) in [5.74, 6) is 1.20. The van der Waals surface area contributed by atoms with E-state index < -0.39 is 6.03 Å². The van der Waals surface area contributed by atoms with Gasteiger partial charge in [-0.1, -0.05) is 82.4 Å². The van der Waals surface area contributed by atoms with E-state index in [9.17, 15) is 4.79 Å². The summed E-state index contributed by atoms with van der Waals surface area (Å²) in [5.41, 5.74) is 3.55. The minimum absolute atomic E-state index is 0.101. The van der Waals surface area contributed by atoms with Gasteiger partial charge in [-0.05, 0) is 54.4 Å². The summed E-state index contributed by atoms with van der Waals surface area (Å²) in [6.45, 7) is 2.17. The molecular weight excluding hydrogens is 548 g/mol. The number of halogens is 4. The number of thioether (sulfide) groups is 1. The van der Waals surface area contributed by atoms with Gasteiger partial charge in [0.1, 0.15) is 0 Å². The van der Waals surface area contributed by atoms with Gasteiger partial charge in [0, 0.05) is 16.5 Å². The van der Waals surface area contributed by atoms with Gasteiger partial charge >= 0.3 is 6.03 Å². The molecule has 0 fully saturated rings. The van der Waals surface area contributed by atoms with E-state index in [1.807, 2.05) is 16.7 Å². The highest BCUT2D eigenvalue weighted by atomic mass is 35.5. The average Bonchev–Trinajstić information content (AvgIpc) is 3.22. The highest BCUT2D eigenvalue weighted by molar-refractivity contribution is 7.98. The lowest BCUT2D eigenvalue weighted by molar-refractivity contribution is 0.251. The minimum Gasteiger partial charge on any atom is -0.331 e. The van der Waals surface area contributed by atoms with E-state index in [-0.39, 0.29) is 6.54 Å². The van der Waals surface area contributed by atoms with Gasteiger partial charge in [-0.2, -0.15) is 0 Å². The number of nitrogens with one attached hydrogen (secondary N) is 2. The van der Waals surface area contributed by atoms with Crippen molar-refractivity contribution in [3.05, 3.63) is 97.7 Å². The first-order chi connectivity index (χ1) is 16.8. The fraction of sp³-hybridized carbons (Fsp3) is 0.125. The molecule has 0 aliphatic heterocycles. The lowest BCUT2D eigenvalue weighted by atomic mass is 10.1. The summed E-state index contributed by atoms with van der Waals surface area (Å²) < 4.78 is 1.82. The monoisotopic (exact) mass is 565 g/mol. The molecule has 0 unspecified atom stereocenters. The highest BCUT2D eigenvalue weighted by Gasteiger charge is 2.18. The van der Waals surface area contributed by atoms with Crippen molar-refractivity contribution in [1.82, 2.24) is 20.1 Å². The maximum Gasteiger partial charge on any atom is 0.319 e. The van der Waals surface area contributed by atoms with Crippen molar-refractivity contribution in [2.24, 2.45) is 0 Å². The van der Waals surface area contributed by atoms with E-state index in [0.29, 0.717) is 48.2 Å². The topological polar surface area (TPSA) is 71.8 Å². The largest absolute Gasteiger partial charge is 0.331 e. The van der Waals surface area contributed by atoms with Gasteiger partial charge in [-0.3, -0.25) is 4.57 Å². The summed E-state index contributed by atoms with van der Waals surface area (Å²) >= 11 is 26.1. The molecule has 1 heterocycles. The molecule has 6 nitrogen and oxygen atoms in total. The Hall–Kier alpha value is -2.42. The first-order valence-corrected chi connectivity index (χ1v) is 12.9. The number of amides is 2. The molecule has 0 spiro atoms. The first-order valence-electron chi connectivity index (χ1n) is 10.4. The Labute approximate surface area is 226 Å². The molecule has 0 saturated carbocycles. The highest BCUT2D eigenvalue weighted by Crippen LogP contribution is 2.31. The molecule has 180 valence electrons. The Bertz CT molecular complexity index is 1380. The average molecular weight is 567 g/mol. The second kappa shape index (κ2) is 11.5. The second-order valence-electron chi connectivity index (χ2n) is 7.48. The van der Waals surface area contributed by atoms with E-state index in [0.717, 1.165) is 0 Å². The zero-order chi connectivity index (χ0) is 24.9. The number of nitrogens with zero attached hydrogens (tertiary/aromatic N) is 3. The van der Waals surface area contributed by atoms with Crippen molar-refractivity contribution >= 4 is 69.9 Å². The predicted octanol–water partition coefficient (Wildman–Crippen LogP) is 7.80.